The fraction of sp³-hybridized carbons (Fsp3) is 0.421. The molecule has 2 bridgehead atoms. The molecule has 22 heavy (non-hydrogen) atoms. The molecule has 1 aromatic heterocycles. The Morgan fingerprint density at radius 2 is 2.32 bits per heavy atom. The Morgan fingerprint density at radius 1 is 1.45 bits per heavy atom. The highest BCUT2D eigenvalue weighted by molar-refractivity contribution is 5.92. The Morgan fingerprint density at radius 3 is 3.09 bits per heavy atom. The maximum atomic E-state index is 9.77. The fourth-order valence-electron chi connectivity index (χ4n) is 4.30. The van der Waals surface area contributed by atoms with Crippen molar-refractivity contribution < 1.29 is 5.11 Å². The van der Waals surface area contributed by atoms with E-state index in [-0.39, 0.29) is 5.75 Å². The molecule has 0 radical (unpaired) electrons. The van der Waals surface area contributed by atoms with Crippen molar-refractivity contribution in [3.63, 3.8) is 0 Å². The van der Waals surface area contributed by atoms with E-state index >= 15 is 0 Å². The summed E-state index contributed by atoms with van der Waals surface area (Å²) in [7, 11) is 0. The normalized spacial score (nSPS) is 23.4. The summed E-state index contributed by atoms with van der Waals surface area (Å²) in [5.74, 6) is 1.38. The van der Waals surface area contributed by atoms with E-state index in [1.807, 2.05) is 12.1 Å². The molecule has 2 aliphatic rings. The number of hydrogen-bond acceptors (Lipinski definition) is 3. The lowest BCUT2D eigenvalue weighted by Gasteiger charge is -2.48. The van der Waals surface area contributed by atoms with Gasteiger partial charge in [-0.3, -0.25) is 0 Å². The van der Waals surface area contributed by atoms with Crippen LogP contribution in [-0.2, 0) is 6.42 Å². The van der Waals surface area contributed by atoms with Gasteiger partial charge in [-0.1, -0.05) is 19.6 Å². The molecule has 1 fully saturated rings. The number of benzene rings is 1. The minimum absolute atomic E-state index is 0.271. The van der Waals surface area contributed by atoms with E-state index in [9.17, 15) is 5.11 Å². The van der Waals surface area contributed by atoms with Gasteiger partial charge in [-0.05, 0) is 48.8 Å². The van der Waals surface area contributed by atoms with Crippen molar-refractivity contribution >= 4 is 22.8 Å². The summed E-state index contributed by atoms with van der Waals surface area (Å²) in [6.07, 6.45) is 6.83. The second-order valence-electron chi connectivity index (χ2n) is 6.79. The SMILES string of the molecule is C=Cc1c2c(nc3cc(O)ccc13)N1CCC[C@](CC)(C2)C1. The molecule has 0 amide bonds. The van der Waals surface area contributed by atoms with Gasteiger partial charge in [0.1, 0.15) is 11.6 Å². The van der Waals surface area contributed by atoms with E-state index in [2.05, 4.69) is 18.4 Å². The maximum absolute atomic E-state index is 9.77. The predicted octanol–water partition coefficient (Wildman–Crippen LogP) is 4.14. The van der Waals surface area contributed by atoms with Gasteiger partial charge >= 0.3 is 0 Å². The minimum Gasteiger partial charge on any atom is -0.508 e. The zero-order valence-corrected chi connectivity index (χ0v) is 13.1. The predicted molar refractivity (Wildman–Crippen MR) is 91.4 cm³/mol. The first kappa shape index (κ1) is 13.6. The Kier molecular flexibility index (Phi) is 2.93. The van der Waals surface area contributed by atoms with Crippen LogP contribution in [0.25, 0.3) is 17.0 Å². The van der Waals surface area contributed by atoms with Gasteiger partial charge in [0.2, 0.25) is 0 Å². The van der Waals surface area contributed by atoms with Crippen LogP contribution in [0.15, 0.2) is 24.8 Å². The summed E-state index contributed by atoms with van der Waals surface area (Å²) in [5.41, 5.74) is 3.81. The highest BCUT2D eigenvalue weighted by atomic mass is 16.3. The van der Waals surface area contributed by atoms with Gasteiger partial charge in [0, 0.05) is 30.1 Å². The van der Waals surface area contributed by atoms with Gasteiger partial charge < -0.3 is 10.0 Å². The molecule has 3 nitrogen and oxygen atoms in total. The Balaban J connectivity index is 2.00. The highest BCUT2D eigenvalue weighted by Crippen LogP contribution is 2.46. The first-order valence-corrected chi connectivity index (χ1v) is 8.19. The van der Waals surface area contributed by atoms with Gasteiger partial charge in [-0.15, -0.1) is 0 Å². The van der Waals surface area contributed by atoms with Crippen LogP contribution in [0, 0.1) is 5.41 Å². The van der Waals surface area contributed by atoms with E-state index < -0.39 is 0 Å². The van der Waals surface area contributed by atoms with Crippen LogP contribution in [0.4, 0.5) is 5.82 Å². The summed E-state index contributed by atoms with van der Waals surface area (Å²) in [4.78, 5) is 7.34. The number of fused-ring (bicyclic) bond motifs is 5. The lowest BCUT2D eigenvalue weighted by molar-refractivity contribution is 0.208. The van der Waals surface area contributed by atoms with Crippen molar-refractivity contribution in [2.45, 2.75) is 32.6 Å². The Hall–Kier alpha value is -2.03. The smallest absolute Gasteiger partial charge is 0.133 e. The van der Waals surface area contributed by atoms with E-state index in [4.69, 9.17) is 4.98 Å². The molecule has 1 N–H and O–H groups in total. The molecule has 0 spiro atoms. The van der Waals surface area contributed by atoms with Crippen LogP contribution in [0.3, 0.4) is 0 Å². The van der Waals surface area contributed by atoms with E-state index in [0.717, 1.165) is 36.2 Å². The van der Waals surface area contributed by atoms with Crippen LogP contribution in [0.2, 0.25) is 0 Å². The second-order valence-corrected chi connectivity index (χ2v) is 6.79. The number of rotatable bonds is 2. The monoisotopic (exact) mass is 294 g/mol. The number of nitrogens with zero attached hydrogens (tertiary/aromatic N) is 2. The Bertz CT molecular complexity index is 768. The molecular weight excluding hydrogens is 272 g/mol. The highest BCUT2D eigenvalue weighted by Gasteiger charge is 2.40. The molecule has 2 aliphatic heterocycles. The van der Waals surface area contributed by atoms with Crippen LogP contribution in [-0.4, -0.2) is 23.2 Å². The average Bonchev–Trinajstić information content (AvgIpc) is 2.53. The maximum Gasteiger partial charge on any atom is 0.133 e. The lowest BCUT2D eigenvalue weighted by Crippen LogP contribution is -2.48. The molecule has 1 atom stereocenters. The first-order chi connectivity index (χ1) is 10.7. The number of piperidine rings is 1. The molecule has 2 aromatic rings. The van der Waals surface area contributed by atoms with Gasteiger partial charge in [-0.25, -0.2) is 4.98 Å². The third kappa shape index (κ3) is 1.84. The van der Waals surface area contributed by atoms with E-state index in [1.54, 1.807) is 12.1 Å². The number of aromatic nitrogens is 1. The zero-order valence-electron chi connectivity index (χ0n) is 13.1. The molecule has 1 aromatic carbocycles. The number of aromatic hydroxyl groups is 1. The fourth-order valence-corrected chi connectivity index (χ4v) is 4.30. The summed E-state index contributed by atoms with van der Waals surface area (Å²) in [6.45, 7) is 8.56. The van der Waals surface area contributed by atoms with Crippen molar-refractivity contribution in [1.29, 1.82) is 0 Å². The van der Waals surface area contributed by atoms with Crippen molar-refractivity contribution in [2.24, 2.45) is 5.41 Å². The average molecular weight is 294 g/mol. The third-order valence-corrected chi connectivity index (χ3v) is 5.56. The minimum atomic E-state index is 0.271. The number of hydrogen-bond donors (Lipinski definition) is 1. The topological polar surface area (TPSA) is 36.4 Å². The molecule has 3 heteroatoms. The molecule has 0 aliphatic carbocycles. The number of phenols is 1. The number of phenolic OH excluding ortho intramolecular Hbond substituents is 1. The molecular formula is C19H22N2O. The van der Waals surface area contributed by atoms with E-state index in [1.165, 1.54) is 30.4 Å². The molecule has 1 saturated heterocycles. The second kappa shape index (κ2) is 4.73. The summed E-state index contributed by atoms with van der Waals surface area (Å²) < 4.78 is 0. The van der Waals surface area contributed by atoms with E-state index in [0.29, 0.717) is 5.41 Å². The molecule has 3 heterocycles. The van der Waals surface area contributed by atoms with Gasteiger partial charge in [0.15, 0.2) is 0 Å². The van der Waals surface area contributed by atoms with Gasteiger partial charge in [0.25, 0.3) is 0 Å². The van der Waals surface area contributed by atoms with Crippen molar-refractivity contribution in [1.82, 2.24) is 4.98 Å². The molecule has 114 valence electrons. The van der Waals surface area contributed by atoms with Gasteiger partial charge in [-0.2, -0.15) is 0 Å². The quantitative estimate of drug-likeness (QED) is 0.904. The Labute approximate surface area is 131 Å². The van der Waals surface area contributed by atoms with Crippen molar-refractivity contribution in [3.8, 4) is 5.75 Å². The summed E-state index contributed by atoms with van der Waals surface area (Å²) in [5, 5.41) is 10.9. The zero-order chi connectivity index (χ0) is 15.3. The van der Waals surface area contributed by atoms with Crippen molar-refractivity contribution in [3.05, 3.63) is 35.9 Å². The lowest BCUT2D eigenvalue weighted by atomic mass is 9.70. The summed E-state index contributed by atoms with van der Waals surface area (Å²) in [6, 6.07) is 5.46. The van der Waals surface area contributed by atoms with Crippen LogP contribution in [0.5, 0.6) is 5.75 Å². The number of pyridine rings is 1. The summed E-state index contributed by atoms with van der Waals surface area (Å²) >= 11 is 0. The van der Waals surface area contributed by atoms with Crippen LogP contribution in [0.1, 0.15) is 37.3 Å². The molecule has 0 saturated carbocycles. The largest absolute Gasteiger partial charge is 0.508 e. The number of anilines is 1. The third-order valence-electron chi connectivity index (χ3n) is 5.56. The standard InChI is InChI=1S/C19H22N2O/c1-3-14-15-7-6-13(22)10-17(15)20-18-16(14)11-19(4-2)8-5-9-21(18)12-19/h3,6-7,10,22H,1,4-5,8-9,11-12H2,2H3/t19-/m1/s1. The first-order valence-electron chi connectivity index (χ1n) is 8.19. The molecule has 0 unspecified atom stereocenters. The van der Waals surface area contributed by atoms with Crippen LogP contribution >= 0.6 is 0 Å². The van der Waals surface area contributed by atoms with Gasteiger partial charge in [0.05, 0.1) is 5.52 Å². The van der Waals surface area contributed by atoms with Crippen molar-refractivity contribution in [2.75, 3.05) is 18.0 Å². The molecule has 4 rings (SSSR count). The van der Waals surface area contributed by atoms with Crippen LogP contribution < -0.4 is 4.90 Å².